The summed E-state index contributed by atoms with van der Waals surface area (Å²) in [6.45, 7) is 4.06. The van der Waals surface area contributed by atoms with Gasteiger partial charge in [0.05, 0.1) is 5.92 Å². The molecule has 0 aromatic heterocycles. The van der Waals surface area contributed by atoms with Gasteiger partial charge in [0.2, 0.25) is 11.8 Å². The van der Waals surface area contributed by atoms with Gasteiger partial charge in [0.1, 0.15) is 0 Å². The van der Waals surface area contributed by atoms with E-state index in [0.717, 1.165) is 52.0 Å². The Bertz CT molecular complexity index is 352. The number of carbonyl (C=O) groups is 2. The number of piperazine rings is 1. The molecule has 3 aliphatic heterocycles. The quantitative estimate of drug-likeness (QED) is 0.703. The summed E-state index contributed by atoms with van der Waals surface area (Å²) in [5.74, 6) is 0.718. The molecule has 5 nitrogen and oxygen atoms in total. The Morgan fingerprint density at radius 3 is 2.94 bits per heavy atom. The van der Waals surface area contributed by atoms with Crippen LogP contribution in [0, 0.1) is 5.92 Å². The van der Waals surface area contributed by atoms with E-state index in [1.165, 1.54) is 0 Å². The van der Waals surface area contributed by atoms with Crippen LogP contribution in [0.15, 0.2) is 0 Å². The van der Waals surface area contributed by atoms with E-state index >= 15 is 0 Å². The first kappa shape index (κ1) is 12.0. The molecular weight excluding hydrogens is 230 g/mol. The fourth-order valence-corrected chi connectivity index (χ4v) is 3.39. The van der Waals surface area contributed by atoms with Crippen molar-refractivity contribution in [2.24, 2.45) is 5.92 Å². The van der Waals surface area contributed by atoms with Crippen molar-refractivity contribution in [2.75, 3.05) is 32.7 Å². The second kappa shape index (κ2) is 4.88. The normalized spacial score (nSPS) is 32.6. The minimum absolute atomic E-state index is 0.155. The van der Waals surface area contributed by atoms with Crippen LogP contribution >= 0.6 is 0 Å². The highest BCUT2D eigenvalue weighted by Crippen LogP contribution is 2.24. The highest BCUT2D eigenvalue weighted by molar-refractivity contribution is 5.81. The lowest BCUT2D eigenvalue weighted by Gasteiger charge is -2.39. The number of nitrogens with one attached hydrogen (secondary N) is 1. The van der Waals surface area contributed by atoms with Gasteiger partial charge in [-0.3, -0.25) is 9.59 Å². The topological polar surface area (TPSA) is 52.7 Å². The van der Waals surface area contributed by atoms with Gasteiger partial charge in [0, 0.05) is 38.6 Å². The molecule has 2 atom stereocenters. The molecule has 0 aliphatic carbocycles. The van der Waals surface area contributed by atoms with Gasteiger partial charge in [-0.15, -0.1) is 0 Å². The molecule has 2 amide bonds. The molecule has 1 unspecified atom stereocenters. The summed E-state index contributed by atoms with van der Waals surface area (Å²) in [6.07, 6.45) is 3.69. The molecule has 0 saturated carbocycles. The highest BCUT2D eigenvalue weighted by atomic mass is 16.2. The third kappa shape index (κ3) is 2.11. The smallest absolute Gasteiger partial charge is 0.227 e. The summed E-state index contributed by atoms with van der Waals surface area (Å²) in [4.78, 5) is 27.9. The summed E-state index contributed by atoms with van der Waals surface area (Å²) in [5.41, 5.74) is 0. The average Bonchev–Trinajstić information content (AvgIpc) is 2.80. The van der Waals surface area contributed by atoms with Gasteiger partial charge in [0.25, 0.3) is 0 Å². The van der Waals surface area contributed by atoms with Crippen molar-refractivity contribution in [3.63, 3.8) is 0 Å². The van der Waals surface area contributed by atoms with E-state index in [0.29, 0.717) is 12.3 Å². The second-order valence-corrected chi connectivity index (χ2v) is 5.61. The Morgan fingerprint density at radius 1 is 1.28 bits per heavy atom. The largest absolute Gasteiger partial charge is 0.339 e. The molecule has 0 aromatic carbocycles. The van der Waals surface area contributed by atoms with Gasteiger partial charge in [-0.1, -0.05) is 0 Å². The van der Waals surface area contributed by atoms with Gasteiger partial charge in [-0.25, -0.2) is 0 Å². The van der Waals surface area contributed by atoms with Crippen LogP contribution in [-0.2, 0) is 9.59 Å². The number of hydrogen-bond acceptors (Lipinski definition) is 3. The van der Waals surface area contributed by atoms with Crippen molar-refractivity contribution in [3.8, 4) is 0 Å². The molecule has 0 spiro atoms. The van der Waals surface area contributed by atoms with Crippen LogP contribution in [0.1, 0.15) is 25.7 Å². The first-order valence-electron chi connectivity index (χ1n) is 7.04. The van der Waals surface area contributed by atoms with Crippen LogP contribution in [-0.4, -0.2) is 60.4 Å². The predicted molar refractivity (Wildman–Crippen MR) is 66.9 cm³/mol. The number of hydrogen-bond donors (Lipinski definition) is 1. The van der Waals surface area contributed by atoms with Crippen molar-refractivity contribution >= 4 is 11.8 Å². The van der Waals surface area contributed by atoms with Crippen molar-refractivity contribution in [3.05, 3.63) is 0 Å². The number of fused-ring (bicyclic) bond motifs is 1. The number of piperidine rings is 1. The summed E-state index contributed by atoms with van der Waals surface area (Å²) in [5, 5.41) is 3.30. The molecule has 3 heterocycles. The zero-order valence-corrected chi connectivity index (χ0v) is 10.7. The van der Waals surface area contributed by atoms with Crippen LogP contribution in [0.5, 0.6) is 0 Å². The van der Waals surface area contributed by atoms with E-state index < -0.39 is 0 Å². The van der Waals surface area contributed by atoms with Gasteiger partial charge >= 0.3 is 0 Å². The zero-order valence-electron chi connectivity index (χ0n) is 10.7. The van der Waals surface area contributed by atoms with Crippen molar-refractivity contribution < 1.29 is 9.59 Å². The Morgan fingerprint density at radius 2 is 2.17 bits per heavy atom. The van der Waals surface area contributed by atoms with E-state index in [-0.39, 0.29) is 17.9 Å². The van der Waals surface area contributed by atoms with E-state index in [2.05, 4.69) is 5.32 Å². The second-order valence-electron chi connectivity index (χ2n) is 5.61. The number of nitrogens with zero attached hydrogens (tertiary/aromatic N) is 2. The van der Waals surface area contributed by atoms with Crippen LogP contribution in [0.4, 0.5) is 0 Å². The molecule has 3 saturated heterocycles. The summed E-state index contributed by atoms with van der Waals surface area (Å²) >= 11 is 0. The minimum Gasteiger partial charge on any atom is -0.339 e. The predicted octanol–water partition coefficient (Wildman–Crippen LogP) is -0.181. The zero-order chi connectivity index (χ0) is 12.5. The van der Waals surface area contributed by atoms with Crippen molar-refractivity contribution in [1.29, 1.82) is 0 Å². The fourth-order valence-electron chi connectivity index (χ4n) is 3.39. The van der Waals surface area contributed by atoms with Gasteiger partial charge in [0.15, 0.2) is 0 Å². The number of rotatable bonds is 1. The maximum Gasteiger partial charge on any atom is 0.227 e. The molecule has 0 aromatic rings. The maximum atomic E-state index is 12.4. The number of amides is 2. The maximum absolute atomic E-state index is 12.4. The molecule has 100 valence electrons. The Labute approximate surface area is 107 Å². The van der Waals surface area contributed by atoms with E-state index in [4.69, 9.17) is 0 Å². The van der Waals surface area contributed by atoms with E-state index in [1.807, 2.05) is 9.80 Å². The van der Waals surface area contributed by atoms with Crippen molar-refractivity contribution in [1.82, 2.24) is 15.1 Å². The molecule has 0 bridgehead atoms. The molecule has 1 N–H and O–H groups in total. The third-order valence-corrected chi connectivity index (χ3v) is 4.45. The Kier molecular flexibility index (Phi) is 3.24. The lowest BCUT2D eigenvalue weighted by Crippen LogP contribution is -2.55. The summed E-state index contributed by atoms with van der Waals surface area (Å²) in [7, 11) is 0. The molecule has 3 aliphatic rings. The first-order chi connectivity index (χ1) is 8.75. The molecule has 0 radical (unpaired) electrons. The lowest BCUT2D eigenvalue weighted by atomic mass is 9.97. The van der Waals surface area contributed by atoms with Gasteiger partial charge < -0.3 is 15.1 Å². The average molecular weight is 251 g/mol. The highest BCUT2D eigenvalue weighted by Gasteiger charge is 2.38. The van der Waals surface area contributed by atoms with E-state index in [9.17, 15) is 9.59 Å². The molecular formula is C13H21N3O2. The van der Waals surface area contributed by atoms with Gasteiger partial charge in [-0.2, -0.15) is 0 Å². The fraction of sp³-hybridized carbons (Fsp3) is 0.846. The van der Waals surface area contributed by atoms with Crippen LogP contribution in [0.2, 0.25) is 0 Å². The Balaban J connectivity index is 1.60. The standard InChI is InChI=1S/C13H21N3O2/c17-12-4-3-11-9-15(6-7-16(11)12)13(18)10-2-1-5-14-8-10/h10-11,14H,1-9H2/t10-,11?/m0/s1. The molecule has 18 heavy (non-hydrogen) atoms. The SMILES string of the molecule is O=C([C@H]1CCCNC1)N1CCN2C(=O)CCC2C1. The molecule has 3 rings (SSSR count). The summed E-state index contributed by atoms with van der Waals surface area (Å²) in [6, 6.07) is 0.284. The minimum atomic E-state index is 0.155. The van der Waals surface area contributed by atoms with Crippen LogP contribution in [0.25, 0.3) is 0 Å². The molecule has 5 heteroatoms. The summed E-state index contributed by atoms with van der Waals surface area (Å²) < 4.78 is 0. The van der Waals surface area contributed by atoms with Crippen molar-refractivity contribution in [2.45, 2.75) is 31.7 Å². The van der Waals surface area contributed by atoms with Crippen LogP contribution in [0.3, 0.4) is 0 Å². The van der Waals surface area contributed by atoms with Gasteiger partial charge in [-0.05, 0) is 25.8 Å². The lowest BCUT2D eigenvalue weighted by molar-refractivity contribution is -0.142. The third-order valence-electron chi connectivity index (χ3n) is 4.45. The monoisotopic (exact) mass is 251 g/mol. The van der Waals surface area contributed by atoms with E-state index in [1.54, 1.807) is 0 Å². The first-order valence-corrected chi connectivity index (χ1v) is 7.04. The number of carbonyl (C=O) groups excluding carboxylic acids is 2. The molecule has 3 fully saturated rings. The Hall–Kier alpha value is -1.10. The van der Waals surface area contributed by atoms with Crippen LogP contribution < -0.4 is 5.32 Å².